The van der Waals surface area contributed by atoms with Crippen molar-refractivity contribution in [3.63, 3.8) is 0 Å². The van der Waals surface area contributed by atoms with Crippen LogP contribution in [0.25, 0.3) is 11.3 Å². The van der Waals surface area contributed by atoms with Crippen molar-refractivity contribution in [3.05, 3.63) is 64.8 Å². The van der Waals surface area contributed by atoms with Crippen LogP contribution in [0.1, 0.15) is 34.2 Å². The van der Waals surface area contributed by atoms with Gasteiger partial charge in [0.15, 0.2) is 11.5 Å². The first-order valence-corrected chi connectivity index (χ1v) is 9.63. The van der Waals surface area contributed by atoms with Crippen molar-refractivity contribution < 1.29 is 19.1 Å². The lowest BCUT2D eigenvalue weighted by Gasteiger charge is -2.14. The summed E-state index contributed by atoms with van der Waals surface area (Å²) < 4.78 is 10.8. The lowest BCUT2D eigenvalue weighted by atomic mass is 10.1. The molecule has 0 fully saturated rings. The summed E-state index contributed by atoms with van der Waals surface area (Å²) in [5.74, 6) is -0.409. The van der Waals surface area contributed by atoms with Crippen LogP contribution in [0.4, 0.5) is 0 Å². The zero-order valence-corrected chi connectivity index (χ0v) is 17.2. The molecule has 2 aromatic carbocycles. The number of nitrogens with one attached hydrogen (secondary N) is 3. The first-order chi connectivity index (χ1) is 14.5. The van der Waals surface area contributed by atoms with Gasteiger partial charge in [-0.25, -0.2) is 0 Å². The number of hydrazine groups is 1. The summed E-state index contributed by atoms with van der Waals surface area (Å²) in [6.07, 6.45) is 0.799. The van der Waals surface area contributed by atoms with Crippen LogP contribution in [0.5, 0.6) is 11.5 Å². The van der Waals surface area contributed by atoms with E-state index in [1.165, 1.54) is 19.2 Å². The van der Waals surface area contributed by atoms with Crippen LogP contribution in [0.2, 0.25) is 5.02 Å². The summed E-state index contributed by atoms with van der Waals surface area (Å²) in [7, 11) is 1.45. The molecule has 0 radical (unpaired) electrons. The van der Waals surface area contributed by atoms with Crippen LogP contribution in [-0.2, 0) is 0 Å². The van der Waals surface area contributed by atoms with E-state index in [0.29, 0.717) is 23.8 Å². The summed E-state index contributed by atoms with van der Waals surface area (Å²) >= 11 is 6.23. The number of ether oxygens (including phenoxy) is 2. The molecule has 0 saturated heterocycles. The van der Waals surface area contributed by atoms with Crippen molar-refractivity contribution in [2.45, 2.75) is 13.3 Å². The minimum Gasteiger partial charge on any atom is -0.493 e. The Bertz CT molecular complexity index is 1040. The van der Waals surface area contributed by atoms with Gasteiger partial charge >= 0.3 is 0 Å². The highest BCUT2D eigenvalue weighted by molar-refractivity contribution is 6.32. The summed E-state index contributed by atoms with van der Waals surface area (Å²) in [5, 5.41) is 7.00. The molecule has 8 nitrogen and oxygen atoms in total. The van der Waals surface area contributed by atoms with E-state index in [2.05, 4.69) is 21.0 Å². The largest absolute Gasteiger partial charge is 0.493 e. The second-order valence-corrected chi connectivity index (χ2v) is 6.69. The second-order valence-electron chi connectivity index (χ2n) is 6.28. The maximum Gasteiger partial charge on any atom is 0.287 e. The van der Waals surface area contributed by atoms with Crippen molar-refractivity contribution in [3.8, 4) is 22.8 Å². The predicted octanol–water partition coefficient (Wildman–Crippen LogP) is 3.60. The van der Waals surface area contributed by atoms with Crippen molar-refractivity contribution in [2.75, 3.05) is 13.7 Å². The molecule has 3 rings (SSSR count). The number of hydrogen-bond acceptors (Lipinski definition) is 5. The van der Waals surface area contributed by atoms with Crippen molar-refractivity contribution in [2.24, 2.45) is 0 Å². The number of nitrogens with zero attached hydrogens (tertiary/aromatic N) is 1. The van der Waals surface area contributed by atoms with Crippen molar-refractivity contribution in [1.82, 2.24) is 21.0 Å². The average molecular weight is 429 g/mol. The lowest BCUT2D eigenvalue weighted by Crippen LogP contribution is -2.41. The summed E-state index contributed by atoms with van der Waals surface area (Å²) in [5.41, 5.74) is 6.58. The number of methoxy groups -OCH3 is 1. The van der Waals surface area contributed by atoms with E-state index in [-0.39, 0.29) is 16.3 Å². The van der Waals surface area contributed by atoms with E-state index in [4.69, 9.17) is 21.1 Å². The van der Waals surface area contributed by atoms with Gasteiger partial charge in [0, 0.05) is 11.1 Å². The average Bonchev–Trinajstić information content (AvgIpc) is 3.27. The molecule has 0 aliphatic heterocycles. The number of rotatable bonds is 7. The standard InChI is InChI=1S/C21H21ClN4O4/c1-3-9-30-19-15(22)10-14(11-18(19)29-2)20(27)25-26-21(28)17-12-16(23-24-17)13-7-5-4-6-8-13/h4-8,10-12H,3,9H2,1-2H3,(H,23,24)(H,25,27)(H,26,28). The Labute approximate surface area is 178 Å². The van der Waals surface area contributed by atoms with Gasteiger partial charge in [-0.2, -0.15) is 5.10 Å². The van der Waals surface area contributed by atoms with E-state index < -0.39 is 11.8 Å². The maximum absolute atomic E-state index is 12.4. The molecule has 1 aromatic heterocycles. The molecule has 3 N–H and O–H groups in total. The monoisotopic (exact) mass is 428 g/mol. The molecule has 1 heterocycles. The van der Waals surface area contributed by atoms with Gasteiger partial charge in [0.1, 0.15) is 5.69 Å². The van der Waals surface area contributed by atoms with Crippen LogP contribution in [0.15, 0.2) is 48.5 Å². The fourth-order valence-corrected chi connectivity index (χ4v) is 2.91. The van der Waals surface area contributed by atoms with Crippen LogP contribution in [0, 0.1) is 0 Å². The molecular formula is C21H21ClN4O4. The predicted molar refractivity (Wildman–Crippen MR) is 113 cm³/mol. The molecule has 156 valence electrons. The van der Waals surface area contributed by atoms with Crippen LogP contribution >= 0.6 is 11.6 Å². The van der Waals surface area contributed by atoms with Crippen molar-refractivity contribution in [1.29, 1.82) is 0 Å². The van der Waals surface area contributed by atoms with Gasteiger partial charge in [0.2, 0.25) is 0 Å². The minimum absolute atomic E-state index is 0.202. The quantitative estimate of drug-likeness (QED) is 0.498. The maximum atomic E-state index is 12.4. The van der Waals surface area contributed by atoms with Gasteiger partial charge in [0.05, 0.1) is 24.4 Å². The Morgan fingerprint density at radius 2 is 1.83 bits per heavy atom. The van der Waals surface area contributed by atoms with Crippen LogP contribution < -0.4 is 20.3 Å². The second kappa shape index (κ2) is 9.80. The summed E-state index contributed by atoms with van der Waals surface area (Å²) in [6, 6.07) is 13.9. The molecular weight excluding hydrogens is 408 g/mol. The molecule has 9 heteroatoms. The van der Waals surface area contributed by atoms with Crippen LogP contribution in [-0.4, -0.2) is 35.7 Å². The zero-order chi connectivity index (χ0) is 21.5. The van der Waals surface area contributed by atoms with Gasteiger partial charge in [-0.1, -0.05) is 48.9 Å². The summed E-state index contributed by atoms with van der Waals surface area (Å²) in [4.78, 5) is 24.8. The van der Waals surface area contributed by atoms with Gasteiger partial charge in [-0.15, -0.1) is 0 Å². The third-order valence-electron chi connectivity index (χ3n) is 4.12. The molecule has 0 saturated carbocycles. The Morgan fingerprint density at radius 3 is 2.53 bits per heavy atom. The number of hydrogen-bond donors (Lipinski definition) is 3. The number of halogens is 1. The highest BCUT2D eigenvalue weighted by Crippen LogP contribution is 2.36. The van der Waals surface area contributed by atoms with E-state index in [1.807, 2.05) is 37.3 Å². The first kappa shape index (κ1) is 21.2. The number of aromatic amines is 1. The van der Waals surface area contributed by atoms with Gasteiger partial charge < -0.3 is 9.47 Å². The molecule has 0 aliphatic rings. The van der Waals surface area contributed by atoms with Crippen molar-refractivity contribution >= 4 is 23.4 Å². The molecule has 0 spiro atoms. The van der Waals surface area contributed by atoms with E-state index in [0.717, 1.165) is 12.0 Å². The Morgan fingerprint density at radius 1 is 1.10 bits per heavy atom. The lowest BCUT2D eigenvalue weighted by molar-refractivity contribution is 0.0843. The molecule has 2 amide bonds. The molecule has 0 atom stereocenters. The number of amides is 2. The zero-order valence-electron chi connectivity index (χ0n) is 16.5. The van der Waals surface area contributed by atoms with E-state index >= 15 is 0 Å². The van der Waals surface area contributed by atoms with E-state index in [1.54, 1.807) is 6.07 Å². The fourth-order valence-electron chi connectivity index (χ4n) is 2.64. The Hall–Kier alpha value is -3.52. The third kappa shape index (κ3) is 4.90. The molecule has 0 bridgehead atoms. The van der Waals surface area contributed by atoms with Gasteiger partial charge in [0.25, 0.3) is 11.8 Å². The number of H-pyrrole nitrogens is 1. The smallest absolute Gasteiger partial charge is 0.287 e. The fraction of sp³-hybridized carbons (Fsp3) is 0.190. The summed E-state index contributed by atoms with van der Waals surface area (Å²) in [6.45, 7) is 2.43. The van der Waals surface area contributed by atoms with Gasteiger partial charge in [-0.3, -0.25) is 25.5 Å². The van der Waals surface area contributed by atoms with Crippen LogP contribution in [0.3, 0.4) is 0 Å². The normalized spacial score (nSPS) is 10.4. The highest BCUT2D eigenvalue weighted by Gasteiger charge is 2.17. The minimum atomic E-state index is -0.562. The molecule has 30 heavy (non-hydrogen) atoms. The Balaban J connectivity index is 1.66. The van der Waals surface area contributed by atoms with E-state index in [9.17, 15) is 9.59 Å². The van der Waals surface area contributed by atoms with Gasteiger partial charge in [-0.05, 0) is 24.6 Å². The molecule has 0 aliphatic carbocycles. The number of carbonyl (C=O) groups excluding carboxylic acids is 2. The molecule has 0 unspecified atom stereocenters. The number of aromatic nitrogens is 2. The number of benzene rings is 2. The first-order valence-electron chi connectivity index (χ1n) is 9.25. The molecule has 3 aromatic rings. The SMILES string of the molecule is CCCOc1c(Cl)cc(C(=O)NNC(=O)c2cc(-c3ccccc3)n[nH]2)cc1OC. The highest BCUT2D eigenvalue weighted by atomic mass is 35.5. The Kier molecular flexibility index (Phi) is 6.92. The number of carbonyl (C=O) groups is 2. The topological polar surface area (TPSA) is 105 Å². The third-order valence-corrected chi connectivity index (χ3v) is 4.40.